The Morgan fingerprint density at radius 1 is 1.11 bits per heavy atom. The highest BCUT2D eigenvalue weighted by Gasteiger charge is 2.12. The maximum Gasteiger partial charge on any atom is 0.139 e. The van der Waals surface area contributed by atoms with Gasteiger partial charge in [-0.3, -0.25) is 4.40 Å². The second kappa shape index (κ2) is 4.38. The fourth-order valence-corrected chi connectivity index (χ4v) is 2.70. The van der Waals surface area contributed by atoms with Crippen LogP contribution in [0, 0.1) is 13.8 Å². The van der Waals surface area contributed by atoms with E-state index < -0.39 is 0 Å². The summed E-state index contributed by atoms with van der Waals surface area (Å²) in [4.78, 5) is 4.62. The minimum absolute atomic E-state index is 0.668. The van der Waals surface area contributed by atoms with E-state index in [-0.39, 0.29) is 0 Å². The third kappa shape index (κ3) is 2.12. The van der Waals surface area contributed by atoms with Gasteiger partial charge in [0.15, 0.2) is 0 Å². The molecule has 0 amide bonds. The highest BCUT2D eigenvalue weighted by molar-refractivity contribution is 9.10. The van der Waals surface area contributed by atoms with Gasteiger partial charge in [0.1, 0.15) is 17.2 Å². The van der Waals surface area contributed by atoms with Crippen molar-refractivity contribution < 1.29 is 0 Å². The number of benzene rings is 1. The third-order valence-corrected chi connectivity index (χ3v) is 3.58. The number of rotatable bonds is 1. The zero-order chi connectivity index (χ0) is 13.6. The smallest absolute Gasteiger partial charge is 0.139 e. The number of imidazole rings is 1. The van der Waals surface area contributed by atoms with E-state index in [1.54, 1.807) is 0 Å². The molecule has 0 atom stereocenters. The molecular weight excluding hydrogens is 302 g/mol. The Labute approximate surface area is 120 Å². The molecule has 0 fully saturated rings. The molecule has 19 heavy (non-hydrogen) atoms. The molecule has 0 unspecified atom stereocenters. The lowest BCUT2D eigenvalue weighted by molar-refractivity contribution is 1.18. The van der Waals surface area contributed by atoms with E-state index >= 15 is 0 Å². The Morgan fingerprint density at radius 2 is 1.79 bits per heavy atom. The zero-order valence-electron chi connectivity index (χ0n) is 10.8. The van der Waals surface area contributed by atoms with Crippen molar-refractivity contribution in [2.75, 3.05) is 5.73 Å². The number of aromatic nitrogens is 2. The Kier molecular flexibility index (Phi) is 2.82. The number of nitrogen functional groups attached to an aromatic ring is 1. The van der Waals surface area contributed by atoms with Crippen molar-refractivity contribution in [3.05, 3.63) is 52.1 Å². The minimum Gasteiger partial charge on any atom is -0.383 e. The summed E-state index contributed by atoms with van der Waals surface area (Å²) < 4.78 is 2.88. The normalized spacial score (nSPS) is 11.1. The first-order valence-corrected chi connectivity index (χ1v) is 6.85. The average molecular weight is 316 g/mol. The number of hydrogen-bond acceptors (Lipinski definition) is 2. The summed E-state index contributed by atoms with van der Waals surface area (Å²) in [7, 11) is 0. The lowest BCUT2D eigenvalue weighted by atomic mass is 10.1. The van der Waals surface area contributed by atoms with Gasteiger partial charge in [-0.1, -0.05) is 17.2 Å². The lowest BCUT2D eigenvalue weighted by Crippen LogP contribution is -1.94. The first-order chi connectivity index (χ1) is 9.04. The van der Waals surface area contributed by atoms with Gasteiger partial charge in [-0.15, -0.1) is 0 Å². The summed E-state index contributed by atoms with van der Waals surface area (Å²) in [5.41, 5.74) is 11.4. The number of nitrogens with zero attached hydrogens (tertiary/aromatic N) is 2. The number of pyridine rings is 1. The molecule has 2 heterocycles. The maximum atomic E-state index is 6.22. The summed E-state index contributed by atoms with van der Waals surface area (Å²) in [6.45, 7) is 4.16. The Bertz CT molecular complexity index is 754. The minimum atomic E-state index is 0.668. The van der Waals surface area contributed by atoms with E-state index in [1.165, 1.54) is 11.1 Å². The van der Waals surface area contributed by atoms with Crippen LogP contribution < -0.4 is 5.73 Å². The van der Waals surface area contributed by atoms with Crippen LogP contribution in [0.2, 0.25) is 0 Å². The summed E-state index contributed by atoms with van der Waals surface area (Å²) in [5.74, 6) is 0.668. The van der Waals surface area contributed by atoms with Crippen molar-refractivity contribution in [3.63, 3.8) is 0 Å². The molecule has 2 N–H and O–H groups in total. The van der Waals surface area contributed by atoms with E-state index in [9.17, 15) is 0 Å². The van der Waals surface area contributed by atoms with E-state index in [1.807, 2.05) is 22.7 Å². The van der Waals surface area contributed by atoms with Gasteiger partial charge in [0, 0.05) is 16.2 Å². The average Bonchev–Trinajstić information content (AvgIpc) is 2.66. The fraction of sp³-hybridized carbons (Fsp3) is 0.133. The summed E-state index contributed by atoms with van der Waals surface area (Å²) in [5, 5.41) is 0. The maximum absolute atomic E-state index is 6.22. The van der Waals surface area contributed by atoms with Crippen LogP contribution in [0.5, 0.6) is 0 Å². The molecule has 0 bridgehead atoms. The Hall–Kier alpha value is -1.81. The molecule has 0 spiro atoms. The van der Waals surface area contributed by atoms with Gasteiger partial charge >= 0.3 is 0 Å². The quantitative estimate of drug-likeness (QED) is 0.738. The van der Waals surface area contributed by atoms with Crippen LogP contribution in [0.4, 0.5) is 5.82 Å². The molecule has 3 aromatic rings. The van der Waals surface area contributed by atoms with Crippen molar-refractivity contribution in [1.82, 2.24) is 9.38 Å². The molecule has 0 aliphatic carbocycles. The summed E-state index contributed by atoms with van der Waals surface area (Å²) in [6, 6.07) is 10.3. The molecule has 4 heteroatoms. The SMILES string of the molecule is Cc1cc(C)cc(-c2nc3ccc(Br)cn3c2N)c1. The second-order valence-corrected chi connectivity index (χ2v) is 5.71. The molecule has 0 aliphatic heterocycles. The Balaban J connectivity index is 2.27. The fourth-order valence-electron chi connectivity index (χ4n) is 2.36. The monoisotopic (exact) mass is 315 g/mol. The van der Waals surface area contributed by atoms with Gasteiger partial charge in [-0.25, -0.2) is 4.98 Å². The van der Waals surface area contributed by atoms with Crippen molar-refractivity contribution in [1.29, 1.82) is 0 Å². The van der Waals surface area contributed by atoms with Crippen LogP contribution in [-0.4, -0.2) is 9.38 Å². The lowest BCUT2D eigenvalue weighted by Gasteiger charge is -2.03. The van der Waals surface area contributed by atoms with Crippen LogP contribution in [0.15, 0.2) is 41.0 Å². The molecule has 0 saturated carbocycles. The standard InChI is InChI=1S/C15H14BrN3/c1-9-5-10(2)7-11(6-9)14-15(17)19-8-12(16)3-4-13(19)18-14/h3-8H,17H2,1-2H3. The molecule has 96 valence electrons. The first kappa shape index (κ1) is 12.2. The molecular formula is C15H14BrN3. The zero-order valence-corrected chi connectivity index (χ0v) is 12.4. The van der Waals surface area contributed by atoms with Crippen LogP contribution in [0.1, 0.15) is 11.1 Å². The predicted molar refractivity (Wildman–Crippen MR) is 82.2 cm³/mol. The predicted octanol–water partition coefficient (Wildman–Crippen LogP) is 3.96. The van der Waals surface area contributed by atoms with E-state index in [0.717, 1.165) is 21.4 Å². The molecule has 3 nitrogen and oxygen atoms in total. The van der Waals surface area contributed by atoms with Gasteiger partial charge in [-0.05, 0) is 54.0 Å². The molecule has 1 aromatic carbocycles. The van der Waals surface area contributed by atoms with Crippen LogP contribution in [0.25, 0.3) is 16.9 Å². The third-order valence-electron chi connectivity index (χ3n) is 3.11. The largest absolute Gasteiger partial charge is 0.383 e. The van der Waals surface area contributed by atoms with E-state index in [4.69, 9.17) is 5.73 Å². The first-order valence-electron chi connectivity index (χ1n) is 6.06. The molecule has 3 rings (SSSR count). The van der Waals surface area contributed by atoms with Crippen LogP contribution in [0.3, 0.4) is 0 Å². The van der Waals surface area contributed by atoms with E-state index in [0.29, 0.717) is 5.82 Å². The van der Waals surface area contributed by atoms with Gasteiger partial charge in [0.25, 0.3) is 0 Å². The second-order valence-electron chi connectivity index (χ2n) is 4.80. The van der Waals surface area contributed by atoms with Crippen molar-refractivity contribution >= 4 is 27.4 Å². The number of nitrogens with two attached hydrogens (primary N) is 1. The van der Waals surface area contributed by atoms with Crippen LogP contribution >= 0.6 is 15.9 Å². The van der Waals surface area contributed by atoms with Gasteiger partial charge in [0.2, 0.25) is 0 Å². The topological polar surface area (TPSA) is 43.3 Å². The van der Waals surface area contributed by atoms with Crippen LogP contribution in [-0.2, 0) is 0 Å². The Morgan fingerprint density at radius 3 is 2.47 bits per heavy atom. The van der Waals surface area contributed by atoms with Gasteiger partial charge < -0.3 is 5.73 Å². The number of aryl methyl sites for hydroxylation is 2. The molecule has 0 saturated heterocycles. The molecule has 0 aliphatic rings. The molecule has 0 radical (unpaired) electrons. The number of fused-ring (bicyclic) bond motifs is 1. The highest BCUT2D eigenvalue weighted by atomic mass is 79.9. The highest BCUT2D eigenvalue weighted by Crippen LogP contribution is 2.28. The van der Waals surface area contributed by atoms with Crippen molar-refractivity contribution in [2.45, 2.75) is 13.8 Å². The summed E-state index contributed by atoms with van der Waals surface area (Å²) >= 11 is 3.45. The van der Waals surface area contributed by atoms with Gasteiger partial charge in [-0.2, -0.15) is 0 Å². The summed E-state index contributed by atoms with van der Waals surface area (Å²) in [6.07, 6.45) is 1.93. The number of hydrogen-bond donors (Lipinski definition) is 1. The number of halogens is 1. The van der Waals surface area contributed by atoms with Gasteiger partial charge in [0.05, 0.1) is 0 Å². The van der Waals surface area contributed by atoms with Crippen molar-refractivity contribution in [2.24, 2.45) is 0 Å². The van der Waals surface area contributed by atoms with Crippen molar-refractivity contribution in [3.8, 4) is 11.3 Å². The number of anilines is 1. The van der Waals surface area contributed by atoms with E-state index in [2.05, 4.69) is 53.0 Å². The molecule has 2 aromatic heterocycles.